The minimum absolute atomic E-state index is 0.297. The zero-order valence-corrected chi connectivity index (χ0v) is 24.3. The Labute approximate surface area is 248 Å². The molecule has 0 unspecified atom stereocenters. The van der Waals surface area contributed by atoms with Gasteiger partial charge in [0.05, 0.1) is 11.3 Å². The molecule has 3 aliphatic heterocycles. The maximum atomic E-state index is 8.96. The van der Waals surface area contributed by atoms with Crippen molar-refractivity contribution in [2.45, 2.75) is 56.7 Å². The molecule has 42 heavy (non-hydrogen) atoms. The third-order valence-electron chi connectivity index (χ3n) is 10.1. The molecule has 1 aliphatic carbocycles. The molecule has 1 spiro atoms. The van der Waals surface area contributed by atoms with Crippen LogP contribution in [0.15, 0.2) is 60.9 Å². The summed E-state index contributed by atoms with van der Waals surface area (Å²) >= 11 is 0. The number of hydrogen-bond acceptors (Lipinski definition) is 9. The molecule has 9 nitrogen and oxygen atoms in total. The number of nitrogen functional groups attached to an aromatic ring is 1. The van der Waals surface area contributed by atoms with Gasteiger partial charge in [0.25, 0.3) is 0 Å². The van der Waals surface area contributed by atoms with Gasteiger partial charge in [-0.25, -0.2) is 9.97 Å². The summed E-state index contributed by atoms with van der Waals surface area (Å²) in [7, 11) is 0. The summed E-state index contributed by atoms with van der Waals surface area (Å²) in [6, 6.07) is 19.0. The van der Waals surface area contributed by atoms with Crippen LogP contribution in [0.3, 0.4) is 0 Å². The van der Waals surface area contributed by atoms with Crippen molar-refractivity contribution in [3.63, 3.8) is 0 Å². The molecule has 0 amide bonds. The molecule has 7 rings (SSSR count). The highest BCUT2D eigenvalue weighted by Gasteiger charge is 2.44. The number of para-hydroxylation sites is 1. The monoisotopic (exact) mass is 566 g/mol. The standard InChI is InChI=1S/C33H42N8O/c34-30(23-6-8-28(9-7-23)42-27-4-2-1-3-5-27)29-31(35)37-22-38-32(29)39-24-12-16-40(17-13-24)26-18-41(19-26)25-10-14-33(15-11-25)20-36-21-33/h1-9,22,24-26,34,36H,10-21H2,(H3,35,37,38,39). The first kappa shape index (κ1) is 27.3. The van der Waals surface area contributed by atoms with Crippen LogP contribution in [0.5, 0.6) is 11.5 Å². The quantitative estimate of drug-likeness (QED) is 0.298. The second-order valence-electron chi connectivity index (χ2n) is 12.7. The van der Waals surface area contributed by atoms with Crippen LogP contribution in [-0.4, -0.2) is 82.9 Å². The van der Waals surface area contributed by atoms with Crippen molar-refractivity contribution in [1.29, 1.82) is 5.41 Å². The first-order valence-corrected chi connectivity index (χ1v) is 15.5. The van der Waals surface area contributed by atoms with Crippen LogP contribution in [0, 0.1) is 10.8 Å². The Morgan fingerprint density at radius 3 is 2.24 bits per heavy atom. The third kappa shape index (κ3) is 5.61. The summed E-state index contributed by atoms with van der Waals surface area (Å²) in [4.78, 5) is 14.2. The van der Waals surface area contributed by atoms with Crippen molar-refractivity contribution < 1.29 is 4.74 Å². The van der Waals surface area contributed by atoms with Gasteiger partial charge in [-0.1, -0.05) is 18.2 Å². The van der Waals surface area contributed by atoms with E-state index in [2.05, 4.69) is 30.4 Å². The molecule has 2 aromatic carbocycles. The Balaban J connectivity index is 0.921. The molecule has 220 valence electrons. The molecular formula is C33H42N8O. The lowest BCUT2D eigenvalue weighted by molar-refractivity contribution is -0.0331. The van der Waals surface area contributed by atoms with Gasteiger partial charge in [0.2, 0.25) is 0 Å². The van der Waals surface area contributed by atoms with Gasteiger partial charge >= 0.3 is 0 Å². The van der Waals surface area contributed by atoms with E-state index in [0.717, 1.165) is 43.3 Å². The topological polar surface area (TPSA) is 115 Å². The van der Waals surface area contributed by atoms with Gasteiger partial charge in [0.1, 0.15) is 29.5 Å². The van der Waals surface area contributed by atoms with E-state index in [1.165, 1.54) is 58.2 Å². The largest absolute Gasteiger partial charge is 0.457 e. The predicted molar refractivity (Wildman–Crippen MR) is 166 cm³/mol. The summed E-state index contributed by atoms with van der Waals surface area (Å²) in [5.41, 5.74) is 8.55. The molecule has 3 saturated heterocycles. The fourth-order valence-corrected chi connectivity index (χ4v) is 7.25. The van der Waals surface area contributed by atoms with Crippen LogP contribution < -0.4 is 21.1 Å². The average molecular weight is 567 g/mol. The lowest BCUT2D eigenvalue weighted by atomic mass is 9.68. The van der Waals surface area contributed by atoms with Crippen molar-refractivity contribution in [3.05, 3.63) is 72.1 Å². The SMILES string of the molecule is N=C(c1ccc(Oc2ccccc2)cc1)c1c(N)ncnc1NC1CCN(C2CN(C3CCC4(CC3)CNC4)C2)CC1. The third-order valence-corrected chi connectivity index (χ3v) is 10.1. The molecule has 3 aromatic rings. The van der Waals surface area contributed by atoms with Gasteiger partial charge in [0.15, 0.2) is 0 Å². The van der Waals surface area contributed by atoms with Gasteiger partial charge in [-0.05, 0) is 80.3 Å². The molecule has 4 fully saturated rings. The lowest BCUT2D eigenvalue weighted by Gasteiger charge is -2.54. The number of nitrogens with zero attached hydrogens (tertiary/aromatic N) is 4. The summed E-state index contributed by atoms with van der Waals surface area (Å²) in [6.45, 7) is 7.12. The summed E-state index contributed by atoms with van der Waals surface area (Å²) in [6.07, 6.45) is 9.16. The Morgan fingerprint density at radius 1 is 0.881 bits per heavy atom. The summed E-state index contributed by atoms with van der Waals surface area (Å²) < 4.78 is 5.91. The number of likely N-dealkylation sites (tertiary alicyclic amines) is 2. The van der Waals surface area contributed by atoms with Crippen molar-refractivity contribution >= 4 is 17.3 Å². The number of ether oxygens (including phenoxy) is 1. The van der Waals surface area contributed by atoms with E-state index in [9.17, 15) is 0 Å². The van der Waals surface area contributed by atoms with Crippen molar-refractivity contribution in [2.75, 3.05) is 50.3 Å². The van der Waals surface area contributed by atoms with Crippen molar-refractivity contribution in [3.8, 4) is 11.5 Å². The first-order chi connectivity index (χ1) is 20.6. The second-order valence-corrected chi connectivity index (χ2v) is 12.7. The van der Waals surface area contributed by atoms with Gasteiger partial charge in [0, 0.05) is 63.0 Å². The van der Waals surface area contributed by atoms with Crippen LogP contribution in [-0.2, 0) is 0 Å². The number of benzene rings is 2. The van der Waals surface area contributed by atoms with Gasteiger partial charge in [-0.3, -0.25) is 15.2 Å². The predicted octanol–water partition coefficient (Wildman–Crippen LogP) is 4.36. The van der Waals surface area contributed by atoms with E-state index in [1.54, 1.807) is 0 Å². The van der Waals surface area contributed by atoms with Crippen LogP contribution in [0.1, 0.15) is 49.7 Å². The van der Waals surface area contributed by atoms with Gasteiger partial charge in [-0.15, -0.1) is 0 Å². The maximum Gasteiger partial charge on any atom is 0.141 e. The van der Waals surface area contributed by atoms with Crippen molar-refractivity contribution in [2.24, 2.45) is 5.41 Å². The molecule has 1 saturated carbocycles. The number of piperidine rings is 1. The van der Waals surface area contributed by atoms with Crippen LogP contribution >= 0.6 is 0 Å². The highest BCUT2D eigenvalue weighted by atomic mass is 16.5. The minimum Gasteiger partial charge on any atom is -0.457 e. The molecule has 4 aliphatic rings. The summed E-state index contributed by atoms with van der Waals surface area (Å²) in [5, 5.41) is 16.1. The Bertz CT molecular complexity index is 1370. The molecule has 4 heterocycles. The Morgan fingerprint density at radius 2 is 1.57 bits per heavy atom. The fraction of sp³-hybridized carbons (Fsp3) is 0.485. The smallest absolute Gasteiger partial charge is 0.141 e. The van der Waals surface area contributed by atoms with E-state index < -0.39 is 0 Å². The number of hydrogen-bond donors (Lipinski definition) is 4. The normalized spacial score (nSPS) is 21.9. The van der Waals surface area contributed by atoms with Crippen molar-refractivity contribution in [1.82, 2.24) is 25.1 Å². The highest BCUT2D eigenvalue weighted by molar-refractivity contribution is 6.16. The van der Waals surface area contributed by atoms with E-state index >= 15 is 0 Å². The maximum absolute atomic E-state index is 8.96. The molecule has 0 atom stereocenters. The fourth-order valence-electron chi connectivity index (χ4n) is 7.25. The first-order valence-electron chi connectivity index (χ1n) is 15.5. The zero-order chi connectivity index (χ0) is 28.5. The van der Waals surface area contributed by atoms with Crippen LogP contribution in [0.2, 0.25) is 0 Å². The molecule has 0 radical (unpaired) electrons. The average Bonchev–Trinajstić information content (AvgIpc) is 2.98. The molecular weight excluding hydrogens is 524 g/mol. The van der Waals surface area contributed by atoms with E-state index in [-0.39, 0.29) is 0 Å². The number of aromatic nitrogens is 2. The number of nitrogens with two attached hydrogens (primary N) is 1. The minimum atomic E-state index is 0.297. The lowest BCUT2D eigenvalue weighted by Crippen LogP contribution is -2.65. The molecule has 0 bridgehead atoms. The second kappa shape index (κ2) is 11.6. The number of rotatable bonds is 8. The van der Waals surface area contributed by atoms with Crippen LogP contribution in [0.4, 0.5) is 11.6 Å². The number of nitrogens with one attached hydrogen (secondary N) is 3. The number of anilines is 2. The molecule has 5 N–H and O–H groups in total. The van der Waals surface area contributed by atoms with E-state index in [1.807, 2.05) is 54.6 Å². The molecule has 9 heteroatoms. The Hall–Kier alpha value is -3.53. The van der Waals surface area contributed by atoms with Gasteiger partial charge < -0.3 is 21.1 Å². The zero-order valence-electron chi connectivity index (χ0n) is 24.3. The molecule has 1 aromatic heterocycles. The Kier molecular flexibility index (Phi) is 7.56. The highest BCUT2D eigenvalue weighted by Crippen LogP contribution is 2.42. The summed E-state index contributed by atoms with van der Waals surface area (Å²) in [5.74, 6) is 2.45. The van der Waals surface area contributed by atoms with Crippen LogP contribution in [0.25, 0.3) is 0 Å². The van der Waals surface area contributed by atoms with Gasteiger partial charge in [-0.2, -0.15) is 0 Å². The van der Waals surface area contributed by atoms with E-state index in [4.69, 9.17) is 15.9 Å². The van der Waals surface area contributed by atoms with E-state index in [0.29, 0.717) is 46.2 Å².